The third-order valence-corrected chi connectivity index (χ3v) is 4.66. The smallest absolute Gasteiger partial charge is 0.399 e. The van der Waals surface area contributed by atoms with Crippen molar-refractivity contribution >= 4 is 24.6 Å². The highest BCUT2D eigenvalue weighted by atomic mass is 16.7. The Morgan fingerprint density at radius 3 is 2.23 bits per heavy atom. The van der Waals surface area contributed by atoms with Crippen LogP contribution in [0.15, 0.2) is 29.4 Å². The molecule has 1 saturated heterocycles. The fourth-order valence-electron chi connectivity index (χ4n) is 2.49. The zero-order valence-corrected chi connectivity index (χ0v) is 13.3. The van der Waals surface area contributed by atoms with Gasteiger partial charge in [0.15, 0.2) is 12.4 Å². The van der Waals surface area contributed by atoms with Crippen molar-refractivity contribution in [2.75, 3.05) is 0 Å². The summed E-state index contributed by atoms with van der Waals surface area (Å²) in [5.41, 5.74) is 1.70. The Hall–Kier alpha value is -1.66. The molecule has 3 rings (SSSR count). The molecule has 0 N–H and O–H groups in total. The first kappa shape index (κ1) is 15.2. The van der Waals surface area contributed by atoms with Gasteiger partial charge in [0.2, 0.25) is 0 Å². The molecule has 1 aromatic rings. The molecule has 5 nitrogen and oxygen atoms in total. The standard InChI is InChI=1S/C16H20BNO4/c1-15(2)16(3,4)22-17(21-15)12-7-5-11(6-8-12)14-9-13(10-19)18-20-14/h5-8,10,14H,9H2,1-4H3. The fourth-order valence-corrected chi connectivity index (χ4v) is 2.49. The lowest BCUT2D eigenvalue weighted by atomic mass is 9.78. The van der Waals surface area contributed by atoms with Gasteiger partial charge < -0.3 is 14.1 Å². The van der Waals surface area contributed by atoms with E-state index in [4.69, 9.17) is 14.1 Å². The zero-order valence-electron chi connectivity index (χ0n) is 13.3. The quantitative estimate of drug-likeness (QED) is 0.633. The SMILES string of the molecule is CC1(C)OB(c2ccc(C3CC(C=O)=NO3)cc2)OC1(C)C. The second kappa shape index (κ2) is 5.21. The van der Waals surface area contributed by atoms with E-state index in [1.165, 1.54) is 0 Å². The predicted molar refractivity (Wildman–Crippen MR) is 84.1 cm³/mol. The van der Waals surface area contributed by atoms with Crippen molar-refractivity contribution in [1.82, 2.24) is 0 Å². The zero-order chi connectivity index (χ0) is 16.0. The largest absolute Gasteiger partial charge is 0.494 e. The second-order valence-corrected chi connectivity index (χ2v) is 6.75. The van der Waals surface area contributed by atoms with Gasteiger partial charge in [-0.05, 0) is 38.7 Å². The summed E-state index contributed by atoms with van der Waals surface area (Å²) < 4.78 is 12.1. The maximum atomic E-state index is 10.7. The molecule has 1 fully saturated rings. The molecule has 22 heavy (non-hydrogen) atoms. The van der Waals surface area contributed by atoms with Crippen LogP contribution in [0.5, 0.6) is 0 Å². The summed E-state index contributed by atoms with van der Waals surface area (Å²) in [6.45, 7) is 8.14. The van der Waals surface area contributed by atoms with Crippen molar-refractivity contribution in [3.63, 3.8) is 0 Å². The first-order valence-electron chi connectivity index (χ1n) is 7.46. The number of nitrogens with zero attached hydrogens (tertiary/aromatic N) is 1. The summed E-state index contributed by atoms with van der Waals surface area (Å²) in [7, 11) is -0.370. The number of hydrogen-bond donors (Lipinski definition) is 0. The third kappa shape index (κ3) is 2.57. The maximum absolute atomic E-state index is 10.7. The average molecular weight is 301 g/mol. The molecule has 0 spiro atoms. The minimum Gasteiger partial charge on any atom is -0.399 e. The average Bonchev–Trinajstić information content (AvgIpc) is 3.02. The van der Waals surface area contributed by atoms with Crippen molar-refractivity contribution in [1.29, 1.82) is 0 Å². The lowest BCUT2D eigenvalue weighted by molar-refractivity contribution is -0.102. The predicted octanol–water partition coefficient (Wildman–Crippen LogP) is 2.00. The summed E-state index contributed by atoms with van der Waals surface area (Å²) >= 11 is 0. The van der Waals surface area contributed by atoms with Gasteiger partial charge in [-0.2, -0.15) is 0 Å². The van der Waals surface area contributed by atoms with Crippen molar-refractivity contribution in [2.24, 2.45) is 5.16 Å². The molecule has 0 aliphatic carbocycles. The summed E-state index contributed by atoms with van der Waals surface area (Å²) in [6.07, 6.45) is 1.06. The molecular weight excluding hydrogens is 281 g/mol. The van der Waals surface area contributed by atoms with E-state index in [1.54, 1.807) is 0 Å². The van der Waals surface area contributed by atoms with Gasteiger partial charge in [0.1, 0.15) is 5.71 Å². The van der Waals surface area contributed by atoms with Crippen LogP contribution in [-0.4, -0.2) is 30.3 Å². The van der Waals surface area contributed by atoms with Crippen molar-refractivity contribution in [2.45, 2.75) is 51.4 Å². The number of aldehydes is 1. The van der Waals surface area contributed by atoms with Gasteiger partial charge in [-0.3, -0.25) is 4.79 Å². The van der Waals surface area contributed by atoms with Gasteiger partial charge in [0.05, 0.1) is 11.2 Å². The van der Waals surface area contributed by atoms with Gasteiger partial charge in [0.25, 0.3) is 0 Å². The first-order chi connectivity index (χ1) is 10.3. The Morgan fingerprint density at radius 2 is 1.73 bits per heavy atom. The van der Waals surface area contributed by atoms with E-state index in [-0.39, 0.29) is 24.4 Å². The highest BCUT2D eigenvalue weighted by Crippen LogP contribution is 2.36. The molecule has 2 aliphatic rings. The van der Waals surface area contributed by atoms with Crippen LogP contribution in [0.4, 0.5) is 0 Å². The van der Waals surface area contributed by atoms with E-state index in [0.29, 0.717) is 12.1 Å². The Morgan fingerprint density at radius 1 is 1.14 bits per heavy atom. The van der Waals surface area contributed by atoms with Gasteiger partial charge in [-0.25, -0.2) is 0 Å². The molecule has 1 aromatic carbocycles. The van der Waals surface area contributed by atoms with E-state index in [0.717, 1.165) is 17.3 Å². The lowest BCUT2D eigenvalue weighted by Crippen LogP contribution is -2.41. The molecule has 0 amide bonds. The van der Waals surface area contributed by atoms with Gasteiger partial charge in [-0.1, -0.05) is 29.4 Å². The number of hydrogen-bond acceptors (Lipinski definition) is 5. The molecule has 2 heterocycles. The van der Waals surface area contributed by atoms with Crippen molar-refractivity contribution in [3.8, 4) is 0 Å². The molecule has 0 aromatic heterocycles. The Labute approximate surface area is 130 Å². The number of rotatable bonds is 3. The van der Waals surface area contributed by atoms with Crippen LogP contribution < -0.4 is 5.46 Å². The van der Waals surface area contributed by atoms with E-state index in [2.05, 4.69) is 5.16 Å². The van der Waals surface area contributed by atoms with Crippen molar-refractivity contribution < 1.29 is 18.9 Å². The number of oxime groups is 1. The third-order valence-electron chi connectivity index (χ3n) is 4.66. The Kier molecular flexibility index (Phi) is 3.61. The van der Waals surface area contributed by atoms with Crippen LogP contribution in [-0.2, 0) is 18.9 Å². The van der Waals surface area contributed by atoms with E-state index in [1.807, 2.05) is 52.0 Å². The summed E-state index contributed by atoms with van der Waals surface area (Å²) in [5, 5.41) is 3.75. The molecule has 0 bridgehead atoms. The van der Waals surface area contributed by atoms with Crippen molar-refractivity contribution in [3.05, 3.63) is 29.8 Å². The van der Waals surface area contributed by atoms with Crippen LogP contribution in [0, 0.1) is 0 Å². The minimum absolute atomic E-state index is 0.187. The number of carbonyl (C=O) groups excluding carboxylic acids is 1. The lowest BCUT2D eigenvalue weighted by Gasteiger charge is -2.32. The van der Waals surface area contributed by atoms with Gasteiger partial charge >= 0.3 is 7.12 Å². The Balaban J connectivity index is 1.72. The Bertz CT molecular complexity index is 593. The van der Waals surface area contributed by atoms with Crippen LogP contribution in [0.1, 0.15) is 45.8 Å². The van der Waals surface area contributed by atoms with Gasteiger partial charge in [0, 0.05) is 6.42 Å². The summed E-state index contributed by atoms with van der Waals surface area (Å²) in [5.74, 6) is 0. The molecule has 6 heteroatoms. The molecule has 116 valence electrons. The van der Waals surface area contributed by atoms with Crippen LogP contribution >= 0.6 is 0 Å². The van der Waals surface area contributed by atoms with Crippen LogP contribution in [0.3, 0.4) is 0 Å². The van der Waals surface area contributed by atoms with Gasteiger partial charge in [-0.15, -0.1) is 0 Å². The number of carbonyl (C=O) groups is 1. The van der Waals surface area contributed by atoms with Crippen LogP contribution in [0.2, 0.25) is 0 Å². The second-order valence-electron chi connectivity index (χ2n) is 6.75. The van der Waals surface area contributed by atoms with E-state index >= 15 is 0 Å². The summed E-state index contributed by atoms with van der Waals surface area (Å²) in [4.78, 5) is 16.0. The molecule has 0 radical (unpaired) electrons. The molecule has 2 aliphatic heterocycles. The molecule has 1 atom stereocenters. The first-order valence-corrected chi connectivity index (χ1v) is 7.46. The number of benzene rings is 1. The van der Waals surface area contributed by atoms with E-state index in [9.17, 15) is 4.79 Å². The van der Waals surface area contributed by atoms with Crippen LogP contribution in [0.25, 0.3) is 0 Å². The van der Waals surface area contributed by atoms with E-state index < -0.39 is 0 Å². The minimum atomic E-state index is -0.370. The molecule has 0 saturated carbocycles. The topological polar surface area (TPSA) is 57.1 Å². The fraction of sp³-hybridized carbons (Fsp3) is 0.500. The molecule has 1 unspecified atom stereocenters. The maximum Gasteiger partial charge on any atom is 0.494 e. The molecular formula is C16H20BNO4. The highest BCUT2D eigenvalue weighted by Gasteiger charge is 2.51. The summed E-state index contributed by atoms with van der Waals surface area (Å²) in [6, 6.07) is 7.88. The monoisotopic (exact) mass is 301 g/mol. The normalized spacial score (nSPS) is 25.7. The highest BCUT2D eigenvalue weighted by molar-refractivity contribution is 6.62.